The number of para-hydroxylation sites is 1. The van der Waals surface area contributed by atoms with Crippen LogP contribution in [0.25, 0.3) is 0 Å². The van der Waals surface area contributed by atoms with Crippen LogP contribution in [0.2, 0.25) is 0 Å². The first-order valence-electron chi connectivity index (χ1n) is 10.2. The molecule has 0 aromatic heterocycles. The Bertz CT molecular complexity index is 914. The fraction of sp³-hybridized carbons (Fsp3) is 0.391. The van der Waals surface area contributed by atoms with Crippen LogP contribution in [0.1, 0.15) is 38.3 Å². The highest BCUT2D eigenvalue weighted by atomic mass is 16.6. The van der Waals surface area contributed by atoms with Crippen molar-refractivity contribution < 1.29 is 19.2 Å². The Morgan fingerprint density at radius 3 is 2.35 bits per heavy atom. The molecule has 2 aromatic rings. The number of carbonyl (C=O) groups excluding carboxylic acids is 2. The molecule has 8 heteroatoms. The molecule has 2 rings (SSSR count). The first-order chi connectivity index (χ1) is 14.8. The van der Waals surface area contributed by atoms with Crippen molar-refractivity contribution in [3.63, 3.8) is 0 Å². The highest BCUT2D eigenvalue weighted by molar-refractivity contribution is 5.88. The predicted molar refractivity (Wildman–Crippen MR) is 118 cm³/mol. The topological polar surface area (TPSA) is 102 Å². The van der Waals surface area contributed by atoms with E-state index in [4.69, 9.17) is 4.74 Å². The molecule has 2 atom stereocenters. The van der Waals surface area contributed by atoms with E-state index in [2.05, 4.69) is 5.32 Å². The van der Waals surface area contributed by atoms with Gasteiger partial charge in [0.05, 0.1) is 18.5 Å². The molecule has 1 N–H and O–H groups in total. The van der Waals surface area contributed by atoms with Crippen molar-refractivity contribution in [2.45, 2.75) is 52.2 Å². The lowest BCUT2D eigenvalue weighted by atomic mass is 10.1. The number of hydrogen-bond acceptors (Lipinski definition) is 5. The number of methoxy groups -OCH3 is 1. The summed E-state index contributed by atoms with van der Waals surface area (Å²) in [7, 11) is 1.57. The fourth-order valence-electron chi connectivity index (χ4n) is 3.08. The van der Waals surface area contributed by atoms with Gasteiger partial charge in [-0.2, -0.15) is 0 Å². The van der Waals surface area contributed by atoms with Crippen molar-refractivity contribution in [2.75, 3.05) is 7.11 Å². The lowest BCUT2D eigenvalue weighted by Crippen LogP contribution is -2.49. The maximum absolute atomic E-state index is 13.2. The van der Waals surface area contributed by atoms with Crippen LogP contribution in [0.4, 0.5) is 5.69 Å². The second kappa shape index (κ2) is 11.1. The molecule has 0 saturated carbocycles. The van der Waals surface area contributed by atoms with Crippen LogP contribution in [0.5, 0.6) is 5.75 Å². The Labute approximate surface area is 182 Å². The van der Waals surface area contributed by atoms with Crippen molar-refractivity contribution in [1.82, 2.24) is 10.2 Å². The molecule has 2 amide bonds. The second-order valence-corrected chi connectivity index (χ2v) is 7.43. The van der Waals surface area contributed by atoms with Crippen LogP contribution in [0.15, 0.2) is 48.5 Å². The Kier molecular flexibility index (Phi) is 8.54. The molecule has 0 bridgehead atoms. The van der Waals surface area contributed by atoms with E-state index in [1.807, 2.05) is 26.0 Å². The molecule has 0 aliphatic heterocycles. The Balaban J connectivity index is 2.30. The summed E-state index contributed by atoms with van der Waals surface area (Å²) in [5.74, 6) is 0.0554. The number of nitro benzene ring substituents is 1. The van der Waals surface area contributed by atoms with E-state index in [1.54, 1.807) is 44.4 Å². The highest BCUT2D eigenvalue weighted by Gasteiger charge is 2.28. The van der Waals surface area contributed by atoms with Crippen molar-refractivity contribution in [3.05, 3.63) is 69.8 Å². The molecule has 31 heavy (non-hydrogen) atoms. The van der Waals surface area contributed by atoms with Gasteiger partial charge in [0.1, 0.15) is 11.8 Å². The van der Waals surface area contributed by atoms with E-state index in [0.29, 0.717) is 11.3 Å². The van der Waals surface area contributed by atoms with E-state index in [9.17, 15) is 19.7 Å². The SMILES string of the molecule is CC[C@@H](C)NC(=O)[C@@H](C)N(Cc1ccc(OC)cc1)C(=O)Cc1ccccc1[N+](=O)[O-]. The van der Waals surface area contributed by atoms with Crippen molar-refractivity contribution in [2.24, 2.45) is 0 Å². The lowest BCUT2D eigenvalue weighted by Gasteiger charge is -2.29. The number of nitrogens with one attached hydrogen (secondary N) is 1. The van der Waals surface area contributed by atoms with Crippen LogP contribution >= 0.6 is 0 Å². The van der Waals surface area contributed by atoms with Crippen molar-refractivity contribution in [3.8, 4) is 5.75 Å². The maximum Gasteiger partial charge on any atom is 0.273 e. The summed E-state index contributed by atoms with van der Waals surface area (Å²) in [6.45, 7) is 5.72. The molecule has 0 spiro atoms. The zero-order valence-electron chi connectivity index (χ0n) is 18.3. The summed E-state index contributed by atoms with van der Waals surface area (Å²) in [5.41, 5.74) is 1.02. The first kappa shape index (κ1) is 23.9. The van der Waals surface area contributed by atoms with E-state index >= 15 is 0 Å². The van der Waals surface area contributed by atoms with Gasteiger partial charge in [-0.25, -0.2) is 0 Å². The summed E-state index contributed by atoms with van der Waals surface area (Å²) < 4.78 is 5.17. The molecule has 166 valence electrons. The van der Waals surface area contributed by atoms with E-state index in [0.717, 1.165) is 12.0 Å². The largest absolute Gasteiger partial charge is 0.497 e. The molecule has 0 radical (unpaired) electrons. The normalized spacial score (nSPS) is 12.5. The molecule has 0 fully saturated rings. The van der Waals surface area contributed by atoms with Gasteiger partial charge in [0.25, 0.3) is 5.69 Å². The number of amides is 2. The molecular weight excluding hydrogens is 398 g/mol. The van der Waals surface area contributed by atoms with Crippen LogP contribution in [0, 0.1) is 10.1 Å². The predicted octanol–water partition coefficient (Wildman–Crippen LogP) is 3.48. The summed E-state index contributed by atoms with van der Waals surface area (Å²) in [6.07, 6.45) is 0.593. The highest BCUT2D eigenvalue weighted by Crippen LogP contribution is 2.21. The molecule has 0 heterocycles. The van der Waals surface area contributed by atoms with Gasteiger partial charge in [-0.15, -0.1) is 0 Å². The van der Waals surface area contributed by atoms with E-state index < -0.39 is 11.0 Å². The van der Waals surface area contributed by atoms with Gasteiger partial charge in [-0.3, -0.25) is 19.7 Å². The van der Waals surface area contributed by atoms with E-state index in [1.165, 1.54) is 11.0 Å². The van der Waals surface area contributed by atoms with Gasteiger partial charge in [0.15, 0.2) is 0 Å². The Morgan fingerprint density at radius 1 is 1.13 bits per heavy atom. The zero-order chi connectivity index (χ0) is 23.0. The minimum atomic E-state index is -0.744. The third kappa shape index (κ3) is 6.53. The Morgan fingerprint density at radius 2 is 1.77 bits per heavy atom. The van der Waals surface area contributed by atoms with Crippen LogP contribution in [-0.2, 0) is 22.6 Å². The quantitative estimate of drug-likeness (QED) is 0.462. The first-order valence-corrected chi connectivity index (χ1v) is 10.2. The zero-order valence-corrected chi connectivity index (χ0v) is 18.3. The van der Waals surface area contributed by atoms with Gasteiger partial charge < -0.3 is 15.0 Å². The number of nitrogens with zero attached hydrogens (tertiary/aromatic N) is 2. The Hall–Kier alpha value is -3.42. The third-order valence-corrected chi connectivity index (χ3v) is 5.21. The van der Waals surface area contributed by atoms with Crippen LogP contribution in [0.3, 0.4) is 0 Å². The van der Waals surface area contributed by atoms with Crippen LogP contribution in [-0.4, -0.2) is 40.8 Å². The van der Waals surface area contributed by atoms with Gasteiger partial charge in [0, 0.05) is 24.2 Å². The van der Waals surface area contributed by atoms with Gasteiger partial charge in [-0.05, 0) is 38.0 Å². The number of nitro groups is 1. The molecule has 0 aliphatic carbocycles. The number of carbonyl (C=O) groups is 2. The number of ether oxygens (including phenoxy) is 1. The smallest absolute Gasteiger partial charge is 0.273 e. The fourth-order valence-corrected chi connectivity index (χ4v) is 3.08. The minimum absolute atomic E-state index is 0.0249. The third-order valence-electron chi connectivity index (χ3n) is 5.21. The summed E-state index contributed by atoms with van der Waals surface area (Å²) in [4.78, 5) is 38.2. The van der Waals surface area contributed by atoms with Crippen molar-refractivity contribution >= 4 is 17.5 Å². The lowest BCUT2D eigenvalue weighted by molar-refractivity contribution is -0.385. The maximum atomic E-state index is 13.2. The van der Waals surface area contributed by atoms with E-state index in [-0.39, 0.29) is 36.5 Å². The standard InChI is InChI=1S/C23H29N3O5/c1-5-16(2)24-23(28)17(3)25(15-18-10-12-20(31-4)13-11-18)22(27)14-19-8-6-7-9-21(19)26(29)30/h6-13,16-17H,5,14-15H2,1-4H3,(H,24,28)/t16-,17-/m1/s1. The molecule has 0 saturated heterocycles. The van der Waals surface area contributed by atoms with Gasteiger partial charge in [0.2, 0.25) is 11.8 Å². The average molecular weight is 428 g/mol. The van der Waals surface area contributed by atoms with Crippen molar-refractivity contribution in [1.29, 1.82) is 0 Å². The molecular formula is C23H29N3O5. The second-order valence-electron chi connectivity index (χ2n) is 7.43. The minimum Gasteiger partial charge on any atom is -0.497 e. The molecule has 8 nitrogen and oxygen atoms in total. The van der Waals surface area contributed by atoms with Crippen LogP contribution < -0.4 is 10.1 Å². The molecule has 0 aliphatic rings. The number of benzene rings is 2. The monoisotopic (exact) mass is 427 g/mol. The number of rotatable bonds is 10. The van der Waals surface area contributed by atoms with Gasteiger partial charge in [-0.1, -0.05) is 37.3 Å². The van der Waals surface area contributed by atoms with Gasteiger partial charge >= 0.3 is 0 Å². The molecule has 2 aromatic carbocycles. The molecule has 0 unspecified atom stereocenters. The summed E-state index contributed by atoms with van der Waals surface area (Å²) in [5, 5.41) is 14.2. The average Bonchev–Trinajstić information content (AvgIpc) is 2.77. The summed E-state index contributed by atoms with van der Waals surface area (Å²) >= 11 is 0. The number of hydrogen-bond donors (Lipinski definition) is 1. The summed E-state index contributed by atoms with van der Waals surface area (Å²) in [6, 6.07) is 12.6.